The number of guanidine groups is 1. The highest BCUT2D eigenvalue weighted by atomic mass is 127. The van der Waals surface area contributed by atoms with Crippen molar-refractivity contribution in [1.82, 2.24) is 20.5 Å². The number of benzene rings is 1. The van der Waals surface area contributed by atoms with Gasteiger partial charge in [0.15, 0.2) is 5.96 Å². The number of carbonyl (C=O) groups excluding carboxylic acids is 1. The molecule has 8 heteroatoms. The lowest BCUT2D eigenvalue weighted by Gasteiger charge is -2.38. The van der Waals surface area contributed by atoms with Crippen molar-refractivity contribution in [3.05, 3.63) is 59.8 Å². The van der Waals surface area contributed by atoms with Crippen LogP contribution < -0.4 is 16.0 Å². The number of nitrogens with zero attached hydrogens (tertiary/aromatic N) is 3. The molecule has 1 saturated heterocycles. The topological polar surface area (TPSA) is 81.6 Å². The van der Waals surface area contributed by atoms with Gasteiger partial charge in [-0.05, 0) is 44.4 Å². The summed E-state index contributed by atoms with van der Waals surface area (Å²) >= 11 is 0. The molecule has 174 valence electrons. The summed E-state index contributed by atoms with van der Waals surface area (Å²) in [6, 6.07) is 17.1. The van der Waals surface area contributed by atoms with Crippen molar-refractivity contribution in [1.29, 1.82) is 0 Å². The summed E-state index contributed by atoms with van der Waals surface area (Å²) in [6.07, 6.45) is 2.48. The quantitative estimate of drug-likeness (QED) is 0.279. The molecule has 2 unspecified atom stereocenters. The standard InChI is InChI=1S/C24H34N6O.HI/c1-18-8-7-11-22(27-18)29-23(31)12-14-26-24(25-3)28-21-13-15-30(19(2)16-21)17-20-9-5-4-6-10-20;/h4-11,19,21H,12-17H2,1-3H3,(H2,25,26,28)(H,27,29,31);1H. The van der Waals surface area contributed by atoms with Gasteiger partial charge in [-0.3, -0.25) is 14.7 Å². The van der Waals surface area contributed by atoms with E-state index in [0.717, 1.165) is 37.6 Å². The number of anilines is 1. The fourth-order valence-electron chi connectivity index (χ4n) is 3.91. The number of likely N-dealkylation sites (tertiary alicyclic amines) is 1. The summed E-state index contributed by atoms with van der Waals surface area (Å²) in [4.78, 5) is 23.3. The highest BCUT2D eigenvalue weighted by Gasteiger charge is 2.25. The van der Waals surface area contributed by atoms with E-state index in [0.29, 0.717) is 30.9 Å². The maximum atomic E-state index is 12.2. The lowest BCUT2D eigenvalue weighted by atomic mass is 9.97. The lowest BCUT2D eigenvalue weighted by Crippen LogP contribution is -2.51. The molecule has 1 fully saturated rings. The second-order valence-electron chi connectivity index (χ2n) is 8.13. The number of halogens is 1. The molecule has 0 saturated carbocycles. The van der Waals surface area contributed by atoms with E-state index in [-0.39, 0.29) is 29.9 Å². The zero-order valence-electron chi connectivity index (χ0n) is 19.2. The molecular formula is C24H35IN6O. The fraction of sp³-hybridized carbons (Fsp3) is 0.458. The maximum absolute atomic E-state index is 12.2. The van der Waals surface area contributed by atoms with E-state index in [1.54, 1.807) is 13.1 Å². The molecular weight excluding hydrogens is 515 g/mol. The number of aliphatic imine (C=N–C) groups is 1. The monoisotopic (exact) mass is 550 g/mol. The number of piperidine rings is 1. The third-order valence-corrected chi connectivity index (χ3v) is 5.61. The van der Waals surface area contributed by atoms with Crippen LogP contribution >= 0.6 is 24.0 Å². The number of nitrogens with one attached hydrogen (secondary N) is 3. The summed E-state index contributed by atoms with van der Waals surface area (Å²) in [5.41, 5.74) is 2.24. The molecule has 0 radical (unpaired) electrons. The molecule has 0 spiro atoms. The largest absolute Gasteiger partial charge is 0.356 e. The van der Waals surface area contributed by atoms with E-state index in [9.17, 15) is 4.79 Å². The Balaban J connectivity index is 0.00000363. The van der Waals surface area contributed by atoms with Gasteiger partial charge in [-0.1, -0.05) is 36.4 Å². The predicted molar refractivity (Wildman–Crippen MR) is 141 cm³/mol. The highest BCUT2D eigenvalue weighted by Crippen LogP contribution is 2.19. The van der Waals surface area contributed by atoms with Crippen molar-refractivity contribution in [2.75, 3.05) is 25.5 Å². The van der Waals surface area contributed by atoms with Gasteiger partial charge in [-0.15, -0.1) is 24.0 Å². The molecule has 1 aromatic carbocycles. The van der Waals surface area contributed by atoms with Crippen molar-refractivity contribution in [2.24, 2.45) is 4.99 Å². The third-order valence-electron chi connectivity index (χ3n) is 5.61. The first-order valence-electron chi connectivity index (χ1n) is 11.0. The molecule has 1 amide bonds. The molecule has 2 aromatic rings. The smallest absolute Gasteiger partial charge is 0.227 e. The molecule has 1 aliphatic heterocycles. The highest BCUT2D eigenvalue weighted by molar-refractivity contribution is 14.0. The SMILES string of the molecule is CN=C(NCCC(=O)Nc1cccc(C)n1)NC1CCN(Cc2ccccc2)C(C)C1.I. The van der Waals surface area contributed by atoms with Gasteiger partial charge in [0.05, 0.1) is 0 Å². The first kappa shape index (κ1) is 26.1. The molecule has 1 aromatic heterocycles. The maximum Gasteiger partial charge on any atom is 0.227 e. The van der Waals surface area contributed by atoms with Crippen LogP contribution in [-0.4, -0.2) is 54.0 Å². The molecule has 2 atom stereocenters. The average molecular weight is 550 g/mol. The van der Waals surface area contributed by atoms with Gasteiger partial charge >= 0.3 is 0 Å². The van der Waals surface area contributed by atoms with Crippen LogP contribution in [0.25, 0.3) is 0 Å². The van der Waals surface area contributed by atoms with Crippen molar-refractivity contribution < 1.29 is 4.79 Å². The van der Waals surface area contributed by atoms with Crippen LogP contribution in [0.4, 0.5) is 5.82 Å². The normalized spacial score (nSPS) is 19.0. The van der Waals surface area contributed by atoms with Crippen molar-refractivity contribution >= 4 is 41.7 Å². The van der Waals surface area contributed by atoms with Crippen LogP contribution in [-0.2, 0) is 11.3 Å². The minimum absolute atomic E-state index is 0. The Morgan fingerprint density at radius 3 is 2.66 bits per heavy atom. The van der Waals surface area contributed by atoms with E-state index in [1.165, 1.54) is 5.56 Å². The van der Waals surface area contributed by atoms with E-state index in [1.807, 2.05) is 19.1 Å². The van der Waals surface area contributed by atoms with Gasteiger partial charge in [0.2, 0.25) is 5.91 Å². The van der Waals surface area contributed by atoms with Crippen LogP contribution in [0.5, 0.6) is 0 Å². The second-order valence-corrected chi connectivity index (χ2v) is 8.13. The van der Waals surface area contributed by atoms with Gasteiger partial charge in [-0.2, -0.15) is 0 Å². The Kier molecular flexibility index (Phi) is 10.9. The number of carbonyl (C=O) groups is 1. The zero-order valence-corrected chi connectivity index (χ0v) is 21.5. The van der Waals surface area contributed by atoms with E-state index < -0.39 is 0 Å². The summed E-state index contributed by atoms with van der Waals surface area (Å²) < 4.78 is 0. The van der Waals surface area contributed by atoms with Crippen molar-refractivity contribution in [2.45, 2.75) is 51.7 Å². The number of amides is 1. The average Bonchev–Trinajstić information content (AvgIpc) is 2.75. The molecule has 1 aliphatic rings. The van der Waals surface area contributed by atoms with Crippen LogP contribution in [0.2, 0.25) is 0 Å². The Hall–Kier alpha value is -2.20. The molecule has 7 nitrogen and oxygen atoms in total. The van der Waals surface area contributed by atoms with Gasteiger partial charge in [0, 0.05) is 50.9 Å². The molecule has 0 bridgehead atoms. The first-order valence-corrected chi connectivity index (χ1v) is 11.0. The molecule has 32 heavy (non-hydrogen) atoms. The summed E-state index contributed by atoms with van der Waals surface area (Å²) in [6.45, 7) is 6.75. The molecule has 3 rings (SSSR count). The first-order chi connectivity index (χ1) is 15.0. The van der Waals surface area contributed by atoms with Gasteiger partial charge in [0.1, 0.15) is 5.82 Å². The predicted octanol–water partition coefficient (Wildman–Crippen LogP) is 3.55. The Morgan fingerprint density at radius 1 is 1.19 bits per heavy atom. The van der Waals surface area contributed by atoms with Crippen molar-refractivity contribution in [3.63, 3.8) is 0 Å². The molecule has 2 heterocycles. The number of hydrogen-bond acceptors (Lipinski definition) is 4. The fourth-order valence-corrected chi connectivity index (χ4v) is 3.91. The minimum Gasteiger partial charge on any atom is -0.356 e. The number of rotatable bonds is 7. The Bertz CT molecular complexity index is 876. The van der Waals surface area contributed by atoms with Gasteiger partial charge in [0.25, 0.3) is 0 Å². The van der Waals surface area contributed by atoms with E-state index in [4.69, 9.17) is 0 Å². The minimum atomic E-state index is -0.0658. The van der Waals surface area contributed by atoms with Crippen molar-refractivity contribution in [3.8, 4) is 0 Å². The number of aromatic nitrogens is 1. The van der Waals surface area contributed by atoms with Crippen LogP contribution in [0.1, 0.15) is 37.4 Å². The number of hydrogen-bond donors (Lipinski definition) is 3. The summed E-state index contributed by atoms with van der Waals surface area (Å²) in [5.74, 6) is 1.27. The number of pyridine rings is 1. The Morgan fingerprint density at radius 2 is 1.97 bits per heavy atom. The Labute approximate surface area is 208 Å². The van der Waals surface area contributed by atoms with Crippen LogP contribution in [0, 0.1) is 6.92 Å². The molecule has 3 N–H and O–H groups in total. The van der Waals surface area contributed by atoms with Crippen LogP contribution in [0.15, 0.2) is 53.5 Å². The third kappa shape index (κ3) is 8.38. The van der Waals surface area contributed by atoms with Gasteiger partial charge < -0.3 is 16.0 Å². The van der Waals surface area contributed by atoms with E-state index >= 15 is 0 Å². The second kappa shape index (κ2) is 13.4. The summed E-state index contributed by atoms with van der Waals surface area (Å²) in [7, 11) is 1.76. The van der Waals surface area contributed by atoms with Crippen LogP contribution in [0.3, 0.4) is 0 Å². The zero-order chi connectivity index (χ0) is 22.1. The lowest BCUT2D eigenvalue weighted by molar-refractivity contribution is -0.116. The van der Waals surface area contributed by atoms with Gasteiger partial charge in [-0.25, -0.2) is 4.98 Å². The van der Waals surface area contributed by atoms with E-state index in [2.05, 4.69) is 68.1 Å². The summed E-state index contributed by atoms with van der Waals surface area (Å²) in [5, 5.41) is 9.60. The number of aryl methyl sites for hydroxylation is 1. The molecule has 0 aliphatic carbocycles.